The number of nitrogens with one attached hydrogen (secondary N) is 1. The normalized spacial score (nSPS) is 19.6. The summed E-state index contributed by atoms with van der Waals surface area (Å²) in [7, 11) is 1.51. The molecule has 1 atom stereocenters. The number of rotatable bonds is 3. The summed E-state index contributed by atoms with van der Waals surface area (Å²) in [4.78, 5) is 30.0. The predicted octanol–water partition coefficient (Wildman–Crippen LogP) is 3.12. The van der Waals surface area contributed by atoms with E-state index in [0.29, 0.717) is 16.3 Å². The number of carbonyl (C=O) groups excluding carboxylic acids is 2. The molecule has 0 spiro atoms. The van der Waals surface area contributed by atoms with Gasteiger partial charge >= 0.3 is 0 Å². The van der Waals surface area contributed by atoms with E-state index in [1.54, 1.807) is 31.2 Å². The van der Waals surface area contributed by atoms with Gasteiger partial charge in [-0.2, -0.15) is 0 Å². The number of hydrogen-bond donors (Lipinski definition) is 2. The third-order valence-electron chi connectivity index (χ3n) is 4.49. The third-order valence-corrected chi connectivity index (χ3v) is 4.74. The number of hydrogen-bond acceptors (Lipinski definition) is 4. The zero-order valence-electron chi connectivity index (χ0n) is 14.8. The molecule has 0 bridgehead atoms. The van der Waals surface area contributed by atoms with E-state index in [4.69, 9.17) is 17.3 Å². The first kappa shape index (κ1) is 18.8. The second kappa shape index (κ2) is 7.00. The Kier molecular flexibility index (Phi) is 4.89. The van der Waals surface area contributed by atoms with Crippen molar-refractivity contribution in [3.8, 4) is 0 Å². The zero-order chi connectivity index (χ0) is 19.8. The van der Waals surface area contributed by atoms with Gasteiger partial charge < -0.3 is 11.1 Å². The first-order valence-corrected chi connectivity index (χ1v) is 8.56. The molecule has 1 aliphatic heterocycles. The summed E-state index contributed by atoms with van der Waals surface area (Å²) in [6.07, 6.45) is -0.0320. The first-order valence-electron chi connectivity index (χ1n) is 8.18. The molecule has 1 heterocycles. The molecule has 0 fully saturated rings. The van der Waals surface area contributed by atoms with Gasteiger partial charge in [0.05, 0.1) is 12.0 Å². The quantitative estimate of drug-likeness (QED) is 0.846. The van der Waals surface area contributed by atoms with Crippen LogP contribution in [-0.4, -0.2) is 29.7 Å². The molecule has 3 rings (SSSR count). The van der Waals surface area contributed by atoms with Crippen molar-refractivity contribution in [2.24, 2.45) is 10.7 Å². The van der Waals surface area contributed by atoms with Crippen LogP contribution in [-0.2, 0) is 10.3 Å². The van der Waals surface area contributed by atoms with Crippen LogP contribution < -0.4 is 11.1 Å². The number of guanidine groups is 1. The highest BCUT2D eigenvalue weighted by atomic mass is 35.5. The van der Waals surface area contributed by atoms with Crippen LogP contribution in [0.1, 0.15) is 29.3 Å². The lowest BCUT2D eigenvalue weighted by molar-refractivity contribution is -0.128. The van der Waals surface area contributed by atoms with Crippen LogP contribution in [0.15, 0.2) is 47.5 Å². The van der Waals surface area contributed by atoms with Crippen molar-refractivity contribution in [3.05, 3.63) is 64.4 Å². The van der Waals surface area contributed by atoms with Crippen LogP contribution in [0.2, 0.25) is 5.02 Å². The topological polar surface area (TPSA) is 87.8 Å². The molecular formula is C19H18ClFN4O2. The number of halogens is 2. The molecule has 140 valence electrons. The molecule has 0 saturated heterocycles. The largest absolute Gasteiger partial charge is 0.369 e. The summed E-state index contributed by atoms with van der Waals surface area (Å²) in [6.45, 7) is 1.63. The molecule has 2 aromatic rings. The van der Waals surface area contributed by atoms with Crippen molar-refractivity contribution < 1.29 is 14.0 Å². The molecule has 6 nitrogen and oxygen atoms in total. The SMILES string of the molecule is CN1C(=O)CC(C)(c2cc(NC(=O)c3ccc(Cl)cc3)ccc2F)N=C1N. The van der Waals surface area contributed by atoms with Gasteiger partial charge in [-0.1, -0.05) is 11.6 Å². The van der Waals surface area contributed by atoms with E-state index in [1.807, 2.05) is 0 Å². The van der Waals surface area contributed by atoms with Crippen LogP contribution in [0.5, 0.6) is 0 Å². The van der Waals surface area contributed by atoms with Crippen LogP contribution >= 0.6 is 11.6 Å². The molecular weight excluding hydrogens is 371 g/mol. The van der Waals surface area contributed by atoms with Crippen LogP contribution in [0, 0.1) is 5.82 Å². The molecule has 8 heteroatoms. The van der Waals surface area contributed by atoms with E-state index in [1.165, 1.54) is 30.1 Å². The molecule has 27 heavy (non-hydrogen) atoms. The lowest BCUT2D eigenvalue weighted by Crippen LogP contribution is -2.47. The summed E-state index contributed by atoms with van der Waals surface area (Å²) in [5, 5.41) is 3.23. The van der Waals surface area contributed by atoms with Crippen molar-refractivity contribution in [3.63, 3.8) is 0 Å². The summed E-state index contributed by atoms with van der Waals surface area (Å²) in [5.41, 5.74) is 5.61. The maximum Gasteiger partial charge on any atom is 0.255 e. The number of amides is 2. The monoisotopic (exact) mass is 388 g/mol. The van der Waals surface area contributed by atoms with Crippen molar-refractivity contribution in [2.45, 2.75) is 18.9 Å². The maximum atomic E-state index is 14.5. The van der Waals surface area contributed by atoms with Gasteiger partial charge in [-0.05, 0) is 49.4 Å². The van der Waals surface area contributed by atoms with Gasteiger partial charge in [0.25, 0.3) is 5.91 Å². The molecule has 0 saturated carbocycles. The smallest absolute Gasteiger partial charge is 0.255 e. The highest BCUT2D eigenvalue weighted by Gasteiger charge is 2.38. The minimum Gasteiger partial charge on any atom is -0.369 e. The van der Waals surface area contributed by atoms with E-state index in [2.05, 4.69) is 10.3 Å². The lowest BCUT2D eigenvalue weighted by Gasteiger charge is -2.34. The number of aliphatic imine (C=N–C) groups is 1. The molecule has 1 unspecified atom stereocenters. The summed E-state index contributed by atoms with van der Waals surface area (Å²) in [5.74, 6) is -1.14. The Labute approximate surface area is 160 Å². The van der Waals surface area contributed by atoms with E-state index in [0.717, 1.165) is 0 Å². The van der Waals surface area contributed by atoms with Crippen molar-refractivity contribution in [2.75, 3.05) is 12.4 Å². The molecule has 0 aliphatic carbocycles. The summed E-state index contributed by atoms with van der Waals surface area (Å²) >= 11 is 5.82. The van der Waals surface area contributed by atoms with E-state index >= 15 is 0 Å². The average molecular weight is 389 g/mol. The van der Waals surface area contributed by atoms with Crippen molar-refractivity contribution in [1.29, 1.82) is 0 Å². The van der Waals surface area contributed by atoms with Gasteiger partial charge in [0, 0.05) is 28.9 Å². The highest BCUT2D eigenvalue weighted by Crippen LogP contribution is 2.35. The van der Waals surface area contributed by atoms with E-state index in [9.17, 15) is 14.0 Å². The Hall–Kier alpha value is -2.93. The minimum atomic E-state index is -1.15. The summed E-state index contributed by atoms with van der Waals surface area (Å²) < 4.78 is 14.5. The standard InChI is InChI=1S/C19H18ClFN4O2/c1-19(10-16(26)25(2)18(22)24-19)14-9-13(7-8-15(14)21)23-17(27)11-3-5-12(20)6-4-11/h3-9H,10H2,1-2H3,(H2,22,24)(H,23,27). The number of benzene rings is 2. The number of anilines is 1. The Morgan fingerprint density at radius 1 is 1.30 bits per heavy atom. The number of nitrogens with zero attached hydrogens (tertiary/aromatic N) is 2. The zero-order valence-corrected chi connectivity index (χ0v) is 15.5. The van der Waals surface area contributed by atoms with Crippen molar-refractivity contribution >= 4 is 35.1 Å². The van der Waals surface area contributed by atoms with Gasteiger partial charge in [-0.15, -0.1) is 0 Å². The Morgan fingerprint density at radius 3 is 2.59 bits per heavy atom. The minimum absolute atomic E-state index is 0.0174. The summed E-state index contributed by atoms with van der Waals surface area (Å²) in [6, 6.07) is 10.5. The average Bonchev–Trinajstić information content (AvgIpc) is 2.61. The Balaban J connectivity index is 1.92. The van der Waals surface area contributed by atoms with Crippen LogP contribution in [0.3, 0.4) is 0 Å². The van der Waals surface area contributed by atoms with Gasteiger partial charge in [-0.25, -0.2) is 9.38 Å². The lowest BCUT2D eigenvalue weighted by atomic mass is 9.87. The number of nitrogens with two attached hydrogens (primary N) is 1. The van der Waals surface area contributed by atoms with Gasteiger partial charge in [-0.3, -0.25) is 14.5 Å². The van der Waals surface area contributed by atoms with Crippen molar-refractivity contribution in [1.82, 2.24) is 4.90 Å². The maximum absolute atomic E-state index is 14.5. The number of carbonyl (C=O) groups is 2. The predicted molar refractivity (Wildman–Crippen MR) is 102 cm³/mol. The second-order valence-electron chi connectivity index (χ2n) is 6.53. The molecule has 1 aliphatic rings. The fourth-order valence-electron chi connectivity index (χ4n) is 2.88. The highest BCUT2D eigenvalue weighted by molar-refractivity contribution is 6.30. The second-order valence-corrected chi connectivity index (χ2v) is 6.97. The fraction of sp³-hybridized carbons (Fsp3) is 0.211. The molecule has 0 radical (unpaired) electrons. The van der Waals surface area contributed by atoms with Crippen LogP contribution in [0.4, 0.5) is 10.1 Å². The Morgan fingerprint density at radius 2 is 1.96 bits per heavy atom. The molecule has 3 N–H and O–H groups in total. The molecule has 2 aromatic carbocycles. The van der Waals surface area contributed by atoms with E-state index < -0.39 is 11.4 Å². The van der Waals surface area contributed by atoms with Gasteiger partial charge in [0.2, 0.25) is 5.91 Å². The third kappa shape index (κ3) is 3.78. The Bertz CT molecular complexity index is 945. The van der Waals surface area contributed by atoms with Gasteiger partial charge in [0.15, 0.2) is 5.96 Å². The van der Waals surface area contributed by atoms with Gasteiger partial charge in [0.1, 0.15) is 5.82 Å². The first-order chi connectivity index (χ1) is 12.7. The van der Waals surface area contributed by atoms with Crippen LogP contribution in [0.25, 0.3) is 0 Å². The molecule has 2 amide bonds. The fourth-order valence-corrected chi connectivity index (χ4v) is 3.01. The molecule has 0 aromatic heterocycles. The van der Waals surface area contributed by atoms with E-state index in [-0.39, 0.29) is 29.8 Å².